The molecule has 5 heteroatoms. The average Bonchev–Trinajstić information content (AvgIpc) is 2.66. The zero-order valence-electron chi connectivity index (χ0n) is 10.9. The van der Waals surface area contributed by atoms with Gasteiger partial charge in [0.1, 0.15) is 12.4 Å². The van der Waals surface area contributed by atoms with Gasteiger partial charge in [-0.05, 0) is 56.2 Å². The van der Waals surface area contributed by atoms with E-state index < -0.39 is 0 Å². The van der Waals surface area contributed by atoms with Gasteiger partial charge in [-0.2, -0.15) is 5.10 Å². The Kier molecular flexibility index (Phi) is 3.81. The molecule has 0 spiro atoms. The monoisotopic (exact) mass is 263 g/mol. The summed E-state index contributed by atoms with van der Waals surface area (Å²) < 4.78 is 8.32. The Hall–Kier alpha value is -1.62. The Morgan fingerprint density at radius 2 is 1.94 bits per heavy atom. The summed E-state index contributed by atoms with van der Waals surface area (Å²) >= 11 is 5.13. The topological polar surface area (TPSA) is 42.8 Å². The molecule has 0 fully saturated rings. The van der Waals surface area contributed by atoms with Gasteiger partial charge in [0.15, 0.2) is 10.6 Å². The van der Waals surface area contributed by atoms with Crippen molar-refractivity contribution in [3.8, 4) is 5.75 Å². The van der Waals surface area contributed by atoms with Crippen molar-refractivity contribution < 1.29 is 4.74 Å². The van der Waals surface area contributed by atoms with Gasteiger partial charge in [0, 0.05) is 6.54 Å². The zero-order valence-corrected chi connectivity index (χ0v) is 11.7. The van der Waals surface area contributed by atoms with Crippen LogP contribution in [0.5, 0.6) is 5.75 Å². The lowest BCUT2D eigenvalue weighted by molar-refractivity contribution is 0.289. The molecule has 0 radical (unpaired) electrons. The van der Waals surface area contributed by atoms with Crippen molar-refractivity contribution in [2.45, 2.75) is 33.9 Å². The molecule has 2 aromatic rings. The number of aryl methyl sites for hydroxylation is 2. The van der Waals surface area contributed by atoms with Gasteiger partial charge in [-0.25, -0.2) is 0 Å². The summed E-state index contributed by atoms with van der Waals surface area (Å²) in [7, 11) is 0. The highest BCUT2D eigenvalue weighted by Crippen LogP contribution is 2.17. The Balaban J connectivity index is 2.13. The minimum atomic E-state index is 0.421. The standard InChI is InChI=1S/C13H17N3OS/c1-4-16-12(14-15-13(16)18)8-17-11-6-9(2)5-10(3)7-11/h5-7H,4,8H2,1-3H3,(H,15,18). The number of hydrogen-bond acceptors (Lipinski definition) is 3. The highest BCUT2D eigenvalue weighted by molar-refractivity contribution is 7.71. The number of H-pyrrole nitrogens is 1. The van der Waals surface area contributed by atoms with E-state index in [4.69, 9.17) is 17.0 Å². The minimum Gasteiger partial charge on any atom is -0.486 e. The zero-order chi connectivity index (χ0) is 13.1. The van der Waals surface area contributed by atoms with Crippen molar-refractivity contribution in [1.82, 2.24) is 14.8 Å². The molecule has 2 rings (SSSR count). The van der Waals surface area contributed by atoms with E-state index in [0.29, 0.717) is 11.4 Å². The molecule has 0 saturated carbocycles. The maximum atomic E-state index is 5.76. The van der Waals surface area contributed by atoms with Crippen LogP contribution < -0.4 is 4.74 Å². The summed E-state index contributed by atoms with van der Waals surface area (Å²) in [5.41, 5.74) is 2.39. The number of ether oxygens (including phenoxy) is 1. The second kappa shape index (κ2) is 5.35. The molecule has 4 nitrogen and oxygen atoms in total. The maximum Gasteiger partial charge on any atom is 0.195 e. The van der Waals surface area contributed by atoms with E-state index in [9.17, 15) is 0 Å². The van der Waals surface area contributed by atoms with E-state index >= 15 is 0 Å². The molecule has 0 aliphatic rings. The van der Waals surface area contributed by atoms with Crippen LogP contribution in [-0.2, 0) is 13.2 Å². The van der Waals surface area contributed by atoms with E-state index in [-0.39, 0.29) is 0 Å². The van der Waals surface area contributed by atoms with Crippen LogP contribution in [0.15, 0.2) is 18.2 Å². The Bertz CT molecular complexity index is 580. The Morgan fingerprint density at radius 1 is 1.28 bits per heavy atom. The summed E-state index contributed by atoms with van der Waals surface area (Å²) in [5, 5.41) is 6.95. The molecule has 0 saturated heterocycles. The molecule has 1 aromatic heterocycles. The molecule has 96 valence electrons. The van der Waals surface area contributed by atoms with E-state index in [0.717, 1.165) is 18.1 Å². The molecule has 0 aliphatic heterocycles. The molecule has 0 unspecified atom stereocenters. The fraction of sp³-hybridized carbons (Fsp3) is 0.385. The molecule has 0 bridgehead atoms. The van der Waals surface area contributed by atoms with E-state index in [1.807, 2.05) is 23.6 Å². The van der Waals surface area contributed by atoms with Gasteiger partial charge < -0.3 is 9.30 Å². The maximum absolute atomic E-state index is 5.76. The molecule has 0 aliphatic carbocycles. The largest absolute Gasteiger partial charge is 0.486 e. The summed E-state index contributed by atoms with van der Waals surface area (Å²) in [6.07, 6.45) is 0. The second-order valence-electron chi connectivity index (χ2n) is 4.30. The second-order valence-corrected chi connectivity index (χ2v) is 4.69. The average molecular weight is 263 g/mol. The van der Waals surface area contributed by atoms with Gasteiger partial charge in [0.25, 0.3) is 0 Å². The lowest BCUT2D eigenvalue weighted by atomic mass is 10.1. The third-order valence-corrected chi connectivity index (χ3v) is 3.03. The number of nitrogens with one attached hydrogen (secondary N) is 1. The third-order valence-electron chi connectivity index (χ3n) is 2.72. The minimum absolute atomic E-state index is 0.421. The molecule has 1 aromatic carbocycles. The summed E-state index contributed by atoms with van der Waals surface area (Å²) in [6.45, 7) is 7.36. The molecule has 1 N–H and O–H groups in total. The van der Waals surface area contributed by atoms with Crippen LogP contribution in [0.1, 0.15) is 23.9 Å². The summed E-state index contributed by atoms with van der Waals surface area (Å²) in [6, 6.07) is 6.16. The van der Waals surface area contributed by atoms with Crippen molar-refractivity contribution in [2.24, 2.45) is 0 Å². The highest BCUT2D eigenvalue weighted by atomic mass is 32.1. The number of aromatic nitrogens is 3. The number of rotatable bonds is 4. The summed E-state index contributed by atoms with van der Waals surface area (Å²) in [5.74, 6) is 1.69. The number of aromatic amines is 1. The predicted molar refractivity (Wildman–Crippen MR) is 73.3 cm³/mol. The van der Waals surface area contributed by atoms with Gasteiger partial charge >= 0.3 is 0 Å². The van der Waals surface area contributed by atoms with Crippen LogP contribution in [0.4, 0.5) is 0 Å². The van der Waals surface area contributed by atoms with E-state index in [1.165, 1.54) is 11.1 Å². The predicted octanol–water partition coefficient (Wildman–Crippen LogP) is 3.16. The first-order valence-corrected chi connectivity index (χ1v) is 6.36. The van der Waals surface area contributed by atoms with Crippen molar-refractivity contribution >= 4 is 12.2 Å². The van der Waals surface area contributed by atoms with Crippen molar-refractivity contribution in [3.63, 3.8) is 0 Å². The van der Waals surface area contributed by atoms with Gasteiger partial charge in [-0.15, -0.1) is 0 Å². The smallest absolute Gasteiger partial charge is 0.195 e. The van der Waals surface area contributed by atoms with Gasteiger partial charge in [0.2, 0.25) is 0 Å². The van der Waals surface area contributed by atoms with Crippen molar-refractivity contribution in [2.75, 3.05) is 0 Å². The fourth-order valence-corrected chi connectivity index (χ4v) is 2.23. The van der Waals surface area contributed by atoms with Crippen LogP contribution >= 0.6 is 12.2 Å². The lowest BCUT2D eigenvalue weighted by Gasteiger charge is -2.08. The molecular formula is C13H17N3OS. The van der Waals surface area contributed by atoms with Gasteiger partial charge in [0.05, 0.1) is 0 Å². The van der Waals surface area contributed by atoms with Crippen molar-refractivity contribution in [3.05, 3.63) is 39.9 Å². The SMILES string of the molecule is CCn1c(COc2cc(C)cc(C)c2)n[nH]c1=S. The van der Waals surface area contributed by atoms with E-state index in [1.54, 1.807) is 0 Å². The molecule has 0 amide bonds. The van der Waals surface area contributed by atoms with Crippen LogP contribution in [0.3, 0.4) is 0 Å². The first kappa shape index (κ1) is 12.8. The normalized spacial score (nSPS) is 10.6. The Labute approximate surface area is 112 Å². The molecule has 18 heavy (non-hydrogen) atoms. The van der Waals surface area contributed by atoms with Crippen LogP contribution in [-0.4, -0.2) is 14.8 Å². The molecular weight excluding hydrogens is 246 g/mol. The fourth-order valence-electron chi connectivity index (χ4n) is 1.95. The quantitative estimate of drug-likeness (QED) is 0.862. The first-order valence-electron chi connectivity index (χ1n) is 5.95. The van der Waals surface area contributed by atoms with Gasteiger partial charge in [-0.3, -0.25) is 5.10 Å². The summed E-state index contributed by atoms with van der Waals surface area (Å²) in [4.78, 5) is 0. The third kappa shape index (κ3) is 2.79. The van der Waals surface area contributed by atoms with Crippen LogP contribution in [0, 0.1) is 18.6 Å². The Morgan fingerprint density at radius 3 is 2.56 bits per heavy atom. The first-order chi connectivity index (χ1) is 8.60. The lowest BCUT2D eigenvalue weighted by Crippen LogP contribution is -2.06. The van der Waals surface area contributed by atoms with E-state index in [2.05, 4.69) is 30.1 Å². The number of hydrogen-bond donors (Lipinski definition) is 1. The number of nitrogens with zero attached hydrogens (tertiary/aromatic N) is 2. The number of benzene rings is 1. The van der Waals surface area contributed by atoms with Gasteiger partial charge in [-0.1, -0.05) is 6.07 Å². The van der Waals surface area contributed by atoms with Crippen molar-refractivity contribution in [1.29, 1.82) is 0 Å². The molecule has 1 heterocycles. The molecule has 0 atom stereocenters. The van der Waals surface area contributed by atoms with Crippen LogP contribution in [0.2, 0.25) is 0 Å². The highest BCUT2D eigenvalue weighted by Gasteiger charge is 2.05. The van der Waals surface area contributed by atoms with Crippen LogP contribution in [0.25, 0.3) is 0 Å².